The van der Waals surface area contributed by atoms with E-state index in [0.29, 0.717) is 17.2 Å². The fraction of sp³-hybridized carbons (Fsp3) is 0.562. The number of nitrogens with two attached hydrogens (primary N) is 1. The fourth-order valence-corrected chi connectivity index (χ4v) is 3.67. The topological polar surface area (TPSA) is 46.3 Å². The van der Waals surface area contributed by atoms with Gasteiger partial charge in [0, 0.05) is 18.8 Å². The van der Waals surface area contributed by atoms with Crippen molar-refractivity contribution < 1.29 is 9.18 Å². The molecule has 1 saturated carbocycles. The van der Waals surface area contributed by atoms with Crippen LogP contribution in [0.1, 0.15) is 42.5 Å². The number of piperidine rings is 1. The van der Waals surface area contributed by atoms with Crippen LogP contribution in [0, 0.1) is 17.7 Å². The zero-order chi connectivity index (χ0) is 14.1. The van der Waals surface area contributed by atoms with Gasteiger partial charge in [-0.05, 0) is 42.9 Å². The van der Waals surface area contributed by atoms with Crippen LogP contribution in [0.5, 0.6) is 0 Å². The molecule has 0 aromatic heterocycles. The molecule has 1 heterocycles. The van der Waals surface area contributed by atoms with Crippen LogP contribution in [-0.2, 0) is 0 Å². The maximum atomic E-state index is 13.3. The lowest BCUT2D eigenvalue weighted by Gasteiger charge is -2.41. The molecule has 2 fully saturated rings. The van der Waals surface area contributed by atoms with Crippen LogP contribution in [0.2, 0.25) is 0 Å². The van der Waals surface area contributed by atoms with Gasteiger partial charge in [-0.3, -0.25) is 4.79 Å². The second kappa shape index (κ2) is 5.43. The summed E-state index contributed by atoms with van der Waals surface area (Å²) in [5.41, 5.74) is 6.48. The summed E-state index contributed by atoms with van der Waals surface area (Å²) in [6.45, 7) is 1.58. The molecule has 1 amide bonds. The molecule has 2 unspecified atom stereocenters. The normalized spacial score (nSPS) is 26.1. The Balaban J connectivity index is 1.76. The van der Waals surface area contributed by atoms with Crippen molar-refractivity contribution in [2.75, 3.05) is 18.8 Å². The van der Waals surface area contributed by atoms with Crippen LogP contribution >= 0.6 is 0 Å². The lowest BCUT2D eigenvalue weighted by Crippen LogP contribution is -2.44. The molecule has 3 rings (SSSR count). The summed E-state index contributed by atoms with van der Waals surface area (Å²) in [6.07, 6.45) is 6.19. The third kappa shape index (κ3) is 2.51. The maximum Gasteiger partial charge on any atom is 0.256 e. The number of fused-ring (bicyclic) bond motifs is 1. The van der Waals surface area contributed by atoms with E-state index in [2.05, 4.69) is 0 Å². The number of hydrogen-bond acceptors (Lipinski definition) is 2. The molecule has 4 heteroatoms. The first kappa shape index (κ1) is 13.4. The number of nitrogens with zero attached hydrogens (tertiary/aromatic N) is 1. The minimum atomic E-state index is -0.407. The highest BCUT2D eigenvalue weighted by atomic mass is 19.1. The smallest absolute Gasteiger partial charge is 0.256 e. The number of benzene rings is 1. The summed E-state index contributed by atoms with van der Waals surface area (Å²) in [5.74, 6) is 0.870. The van der Waals surface area contributed by atoms with Gasteiger partial charge in [0.15, 0.2) is 0 Å². The predicted molar refractivity (Wildman–Crippen MR) is 76.8 cm³/mol. The minimum absolute atomic E-state index is 0.119. The van der Waals surface area contributed by atoms with Gasteiger partial charge < -0.3 is 10.6 Å². The van der Waals surface area contributed by atoms with Crippen molar-refractivity contribution in [2.24, 2.45) is 11.8 Å². The van der Waals surface area contributed by atoms with Crippen molar-refractivity contribution in [3.05, 3.63) is 29.6 Å². The van der Waals surface area contributed by atoms with Crippen molar-refractivity contribution in [1.82, 2.24) is 4.90 Å². The molecule has 0 spiro atoms. The van der Waals surface area contributed by atoms with Gasteiger partial charge in [0.2, 0.25) is 0 Å². The molecule has 1 aliphatic heterocycles. The number of carbonyl (C=O) groups is 1. The molecule has 0 bridgehead atoms. The average molecular weight is 276 g/mol. The van der Waals surface area contributed by atoms with E-state index in [1.54, 1.807) is 0 Å². The SMILES string of the molecule is Nc1ccc(F)cc1C(=O)N1CCC2CCCCC2C1. The Hall–Kier alpha value is -1.58. The second-order valence-electron chi connectivity index (χ2n) is 6.08. The van der Waals surface area contributed by atoms with Crippen molar-refractivity contribution in [3.8, 4) is 0 Å². The summed E-state index contributed by atoms with van der Waals surface area (Å²) in [7, 11) is 0. The highest BCUT2D eigenvalue weighted by Gasteiger charge is 2.33. The van der Waals surface area contributed by atoms with E-state index >= 15 is 0 Å². The van der Waals surface area contributed by atoms with E-state index in [1.165, 1.54) is 43.9 Å². The molecule has 2 atom stereocenters. The highest BCUT2D eigenvalue weighted by molar-refractivity contribution is 5.99. The Morgan fingerprint density at radius 3 is 2.75 bits per heavy atom. The first-order chi connectivity index (χ1) is 9.65. The minimum Gasteiger partial charge on any atom is -0.398 e. The Labute approximate surface area is 118 Å². The Morgan fingerprint density at radius 1 is 1.20 bits per heavy atom. The molecular formula is C16H21FN2O. The molecule has 20 heavy (non-hydrogen) atoms. The first-order valence-corrected chi connectivity index (χ1v) is 7.49. The molecule has 1 saturated heterocycles. The molecule has 0 radical (unpaired) electrons. The lowest BCUT2D eigenvalue weighted by atomic mass is 9.75. The summed E-state index contributed by atoms with van der Waals surface area (Å²) in [6, 6.07) is 4.01. The average Bonchev–Trinajstić information content (AvgIpc) is 2.48. The predicted octanol–water partition coefficient (Wildman–Crippen LogP) is 3.06. The van der Waals surface area contributed by atoms with Gasteiger partial charge in [-0.15, -0.1) is 0 Å². The van der Waals surface area contributed by atoms with Gasteiger partial charge in [0.05, 0.1) is 5.56 Å². The largest absolute Gasteiger partial charge is 0.398 e. The molecule has 2 N–H and O–H groups in total. The van der Waals surface area contributed by atoms with Crippen molar-refractivity contribution >= 4 is 11.6 Å². The molecule has 1 aromatic rings. The maximum absolute atomic E-state index is 13.3. The van der Waals surface area contributed by atoms with E-state index in [9.17, 15) is 9.18 Å². The van der Waals surface area contributed by atoms with E-state index in [-0.39, 0.29) is 5.91 Å². The van der Waals surface area contributed by atoms with Crippen molar-refractivity contribution in [1.29, 1.82) is 0 Å². The van der Waals surface area contributed by atoms with Gasteiger partial charge in [0.25, 0.3) is 5.91 Å². The molecule has 3 nitrogen and oxygen atoms in total. The zero-order valence-electron chi connectivity index (χ0n) is 11.6. The Morgan fingerprint density at radius 2 is 1.95 bits per heavy atom. The van der Waals surface area contributed by atoms with Crippen molar-refractivity contribution in [3.63, 3.8) is 0 Å². The van der Waals surface area contributed by atoms with Gasteiger partial charge in [-0.2, -0.15) is 0 Å². The standard InChI is InChI=1S/C16H21FN2O/c17-13-5-6-15(18)14(9-13)16(20)19-8-7-11-3-1-2-4-12(11)10-19/h5-6,9,11-12H,1-4,7-8,10,18H2. The third-order valence-electron chi connectivity index (χ3n) is 4.82. The van der Waals surface area contributed by atoms with E-state index in [0.717, 1.165) is 25.4 Å². The van der Waals surface area contributed by atoms with E-state index in [1.807, 2.05) is 4.90 Å². The second-order valence-corrected chi connectivity index (χ2v) is 6.08. The Kier molecular flexibility index (Phi) is 3.64. The third-order valence-corrected chi connectivity index (χ3v) is 4.82. The number of halogens is 1. The number of amides is 1. The summed E-state index contributed by atoms with van der Waals surface area (Å²) >= 11 is 0. The number of anilines is 1. The summed E-state index contributed by atoms with van der Waals surface area (Å²) in [4.78, 5) is 14.4. The fourth-order valence-electron chi connectivity index (χ4n) is 3.67. The van der Waals surface area contributed by atoms with Crippen LogP contribution in [0.4, 0.5) is 10.1 Å². The summed E-state index contributed by atoms with van der Waals surface area (Å²) in [5, 5.41) is 0. The van der Waals surface area contributed by atoms with E-state index in [4.69, 9.17) is 5.73 Å². The lowest BCUT2D eigenvalue weighted by molar-refractivity contribution is 0.0521. The van der Waals surface area contributed by atoms with E-state index < -0.39 is 5.82 Å². The van der Waals surface area contributed by atoms with Gasteiger partial charge in [-0.1, -0.05) is 19.3 Å². The Bertz CT molecular complexity index is 517. The van der Waals surface area contributed by atoms with Crippen LogP contribution in [-0.4, -0.2) is 23.9 Å². The van der Waals surface area contributed by atoms with Gasteiger partial charge in [-0.25, -0.2) is 4.39 Å². The van der Waals surface area contributed by atoms with Crippen LogP contribution in [0.25, 0.3) is 0 Å². The van der Waals surface area contributed by atoms with Gasteiger partial charge >= 0.3 is 0 Å². The molecule has 108 valence electrons. The monoisotopic (exact) mass is 276 g/mol. The quantitative estimate of drug-likeness (QED) is 0.801. The van der Waals surface area contributed by atoms with Gasteiger partial charge in [0.1, 0.15) is 5.82 Å². The first-order valence-electron chi connectivity index (χ1n) is 7.49. The molecule has 1 aliphatic carbocycles. The zero-order valence-corrected chi connectivity index (χ0v) is 11.6. The molecule has 2 aliphatic rings. The molecule has 1 aromatic carbocycles. The van der Waals surface area contributed by atoms with Crippen LogP contribution in [0.15, 0.2) is 18.2 Å². The van der Waals surface area contributed by atoms with Crippen molar-refractivity contribution in [2.45, 2.75) is 32.1 Å². The highest BCUT2D eigenvalue weighted by Crippen LogP contribution is 2.36. The number of rotatable bonds is 1. The molecular weight excluding hydrogens is 255 g/mol. The number of hydrogen-bond donors (Lipinski definition) is 1. The van der Waals surface area contributed by atoms with Crippen LogP contribution < -0.4 is 5.73 Å². The van der Waals surface area contributed by atoms with Crippen LogP contribution in [0.3, 0.4) is 0 Å². The summed E-state index contributed by atoms with van der Waals surface area (Å²) < 4.78 is 13.3. The number of carbonyl (C=O) groups excluding carboxylic acids is 1. The number of nitrogen functional groups attached to an aromatic ring is 1. The number of likely N-dealkylation sites (tertiary alicyclic amines) is 1.